The summed E-state index contributed by atoms with van der Waals surface area (Å²) in [6, 6.07) is 13.8. The molecule has 3 aromatic rings. The molecule has 7 nitrogen and oxygen atoms in total. The number of amides is 2. The van der Waals surface area contributed by atoms with Crippen LogP contribution in [-0.2, 0) is 17.8 Å². The summed E-state index contributed by atoms with van der Waals surface area (Å²) in [5.74, 6) is 0.180. The zero-order valence-corrected chi connectivity index (χ0v) is 18.4. The van der Waals surface area contributed by atoms with Crippen molar-refractivity contribution < 1.29 is 9.59 Å². The summed E-state index contributed by atoms with van der Waals surface area (Å²) in [7, 11) is 1.81. The number of aryl methyl sites for hydroxylation is 1. The van der Waals surface area contributed by atoms with Crippen molar-refractivity contribution in [3.63, 3.8) is 0 Å². The molecule has 0 saturated carbocycles. The van der Waals surface area contributed by atoms with Crippen LogP contribution in [0.3, 0.4) is 0 Å². The molecule has 0 radical (unpaired) electrons. The first kappa shape index (κ1) is 21.7. The Kier molecular flexibility index (Phi) is 6.94. The van der Waals surface area contributed by atoms with Crippen LogP contribution in [0.4, 0.5) is 0 Å². The van der Waals surface area contributed by atoms with Gasteiger partial charge in [-0.3, -0.25) is 19.7 Å². The Morgan fingerprint density at radius 2 is 1.91 bits per heavy atom. The first-order valence-corrected chi connectivity index (χ1v) is 11.1. The lowest BCUT2D eigenvalue weighted by Crippen LogP contribution is -2.39. The minimum Gasteiger partial charge on any atom is -0.342 e. The van der Waals surface area contributed by atoms with Gasteiger partial charge in [-0.15, -0.1) is 0 Å². The molecular formula is C25H29N5O2. The Morgan fingerprint density at radius 3 is 2.69 bits per heavy atom. The van der Waals surface area contributed by atoms with Crippen molar-refractivity contribution in [1.82, 2.24) is 25.0 Å². The number of aromatic nitrogens is 3. The number of rotatable bonds is 7. The number of aromatic amines is 1. The molecule has 1 saturated heterocycles. The number of nitrogens with zero attached hydrogens (tertiary/aromatic N) is 4. The van der Waals surface area contributed by atoms with Crippen LogP contribution in [0.1, 0.15) is 52.4 Å². The van der Waals surface area contributed by atoms with E-state index in [0.29, 0.717) is 31.5 Å². The maximum atomic E-state index is 13.1. The van der Waals surface area contributed by atoms with Gasteiger partial charge in [0.25, 0.3) is 5.91 Å². The van der Waals surface area contributed by atoms with Gasteiger partial charge in [-0.05, 0) is 42.5 Å². The predicted octanol–water partition coefficient (Wildman–Crippen LogP) is 3.42. The van der Waals surface area contributed by atoms with E-state index in [1.54, 1.807) is 23.5 Å². The smallest absolute Gasteiger partial charge is 0.257 e. The fourth-order valence-corrected chi connectivity index (χ4v) is 4.31. The first-order chi connectivity index (χ1) is 15.6. The second-order valence-electron chi connectivity index (χ2n) is 8.38. The zero-order chi connectivity index (χ0) is 22.3. The van der Waals surface area contributed by atoms with Gasteiger partial charge in [-0.1, -0.05) is 30.3 Å². The van der Waals surface area contributed by atoms with E-state index in [2.05, 4.69) is 15.2 Å². The number of likely N-dealkylation sites (tertiary alicyclic amines) is 1. The lowest BCUT2D eigenvalue weighted by atomic mass is 9.92. The highest BCUT2D eigenvalue weighted by atomic mass is 16.2. The van der Waals surface area contributed by atoms with Gasteiger partial charge in [-0.25, -0.2) is 0 Å². The van der Waals surface area contributed by atoms with E-state index in [1.165, 1.54) is 0 Å². The first-order valence-electron chi connectivity index (χ1n) is 11.1. The Hall–Kier alpha value is -3.48. The molecule has 2 aromatic heterocycles. The molecule has 1 aromatic carbocycles. The topological polar surface area (TPSA) is 82.2 Å². The third-order valence-electron chi connectivity index (χ3n) is 6.07. The molecule has 1 atom stereocenters. The summed E-state index contributed by atoms with van der Waals surface area (Å²) in [6.45, 7) is 1.91. The summed E-state index contributed by atoms with van der Waals surface area (Å²) in [6.07, 6.45) is 8.15. The van der Waals surface area contributed by atoms with E-state index in [1.807, 2.05) is 54.4 Å². The fraction of sp³-hybridized carbons (Fsp3) is 0.360. The summed E-state index contributed by atoms with van der Waals surface area (Å²) in [4.78, 5) is 33.6. The minimum atomic E-state index is -0.0567. The van der Waals surface area contributed by atoms with Crippen LogP contribution in [-0.4, -0.2) is 56.9 Å². The van der Waals surface area contributed by atoms with E-state index in [-0.39, 0.29) is 17.7 Å². The molecule has 7 heteroatoms. The molecule has 1 fully saturated rings. The van der Waals surface area contributed by atoms with Crippen LogP contribution in [0.25, 0.3) is 0 Å². The SMILES string of the molecule is CN(Cc1ccccc1)C(=O)c1cn[nH]c1[C@@H]1CCCN(C(=O)CCc2ccncc2)C1. The number of piperidine rings is 1. The molecule has 1 aliphatic rings. The van der Waals surface area contributed by atoms with Crippen LogP contribution in [0.15, 0.2) is 61.1 Å². The van der Waals surface area contributed by atoms with Gasteiger partial charge in [0.15, 0.2) is 0 Å². The van der Waals surface area contributed by atoms with Gasteiger partial charge in [0.2, 0.25) is 5.91 Å². The largest absolute Gasteiger partial charge is 0.342 e. The number of benzene rings is 1. The van der Waals surface area contributed by atoms with E-state index in [0.717, 1.165) is 36.2 Å². The highest BCUT2D eigenvalue weighted by Crippen LogP contribution is 2.29. The summed E-state index contributed by atoms with van der Waals surface area (Å²) >= 11 is 0. The van der Waals surface area contributed by atoms with Crippen LogP contribution in [0.5, 0.6) is 0 Å². The Bertz CT molecular complexity index is 1030. The normalized spacial score (nSPS) is 16.0. The minimum absolute atomic E-state index is 0.0567. The maximum absolute atomic E-state index is 13.1. The van der Waals surface area contributed by atoms with Gasteiger partial charge < -0.3 is 9.80 Å². The summed E-state index contributed by atoms with van der Waals surface area (Å²) < 4.78 is 0. The van der Waals surface area contributed by atoms with Gasteiger partial charge in [0.1, 0.15) is 0 Å². The standard InChI is InChI=1S/C25H29N5O2/c1-29(17-20-6-3-2-4-7-20)25(32)22-16-27-28-24(22)21-8-5-15-30(18-21)23(31)10-9-19-11-13-26-14-12-19/h2-4,6-7,11-14,16,21H,5,8-10,15,17-18H2,1H3,(H,27,28)/t21-/m1/s1. The van der Waals surface area contributed by atoms with Crippen LogP contribution in [0, 0.1) is 0 Å². The Labute approximate surface area is 188 Å². The number of hydrogen-bond donors (Lipinski definition) is 1. The van der Waals surface area contributed by atoms with Crippen molar-refractivity contribution in [2.24, 2.45) is 0 Å². The third kappa shape index (κ3) is 5.22. The number of pyridine rings is 1. The molecule has 0 spiro atoms. The monoisotopic (exact) mass is 431 g/mol. The van der Waals surface area contributed by atoms with Gasteiger partial charge in [0.05, 0.1) is 17.5 Å². The van der Waals surface area contributed by atoms with Crippen molar-refractivity contribution >= 4 is 11.8 Å². The van der Waals surface area contributed by atoms with E-state index < -0.39 is 0 Å². The fourth-order valence-electron chi connectivity index (χ4n) is 4.31. The quantitative estimate of drug-likeness (QED) is 0.621. The Morgan fingerprint density at radius 1 is 1.12 bits per heavy atom. The molecule has 1 aliphatic heterocycles. The number of carbonyl (C=O) groups excluding carboxylic acids is 2. The molecule has 0 bridgehead atoms. The van der Waals surface area contributed by atoms with E-state index in [9.17, 15) is 9.59 Å². The average molecular weight is 432 g/mol. The lowest BCUT2D eigenvalue weighted by molar-refractivity contribution is -0.132. The van der Waals surface area contributed by atoms with Crippen molar-refractivity contribution in [3.8, 4) is 0 Å². The number of carbonyl (C=O) groups is 2. The van der Waals surface area contributed by atoms with Crippen LogP contribution >= 0.6 is 0 Å². The molecular weight excluding hydrogens is 402 g/mol. The van der Waals surface area contributed by atoms with E-state index >= 15 is 0 Å². The van der Waals surface area contributed by atoms with Crippen molar-refractivity contribution in [2.45, 2.75) is 38.1 Å². The molecule has 166 valence electrons. The molecule has 4 rings (SSSR count). The molecule has 2 amide bonds. The van der Waals surface area contributed by atoms with Gasteiger partial charge >= 0.3 is 0 Å². The van der Waals surface area contributed by atoms with Crippen molar-refractivity contribution in [1.29, 1.82) is 0 Å². The molecule has 3 heterocycles. The third-order valence-corrected chi connectivity index (χ3v) is 6.07. The van der Waals surface area contributed by atoms with Crippen molar-refractivity contribution in [2.75, 3.05) is 20.1 Å². The second kappa shape index (κ2) is 10.2. The van der Waals surface area contributed by atoms with Crippen LogP contribution < -0.4 is 0 Å². The average Bonchev–Trinajstić information content (AvgIpc) is 3.33. The number of nitrogens with one attached hydrogen (secondary N) is 1. The Balaban J connectivity index is 1.39. The maximum Gasteiger partial charge on any atom is 0.257 e. The van der Waals surface area contributed by atoms with Gasteiger partial charge in [-0.2, -0.15) is 5.10 Å². The molecule has 32 heavy (non-hydrogen) atoms. The highest BCUT2D eigenvalue weighted by molar-refractivity contribution is 5.95. The molecule has 1 N–H and O–H groups in total. The van der Waals surface area contributed by atoms with Crippen molar-refractivity contribution in [3.05, 3.63) is 83.4 Å². The zero-order valence-electron chi connectivity index (χ0n) is 18.4. The number of H-pyrrole nitrogens is 1. The van der Waals surface area contributed by atoms with E-state index in [4.69, 9.17) is 0 Å². The summed E-state index contributed by atoms with van der Waals surface area (Å²) in [5.41, 5.74) is 3.63. The van der Waals surface area contributed by atoms with Crippen LogP contribution in [0.2, 0.25) is 0 Å². The predicted molar refractivity (Wildman–Crippen MR) is 122 cm³/mol. The summed E-state index contributed by atoms with van der Waals surface area (Å²) in [5, 5.41) is 7.22. The lowest BCUT2D eigenvalue weighted by Gasteiger charge is -2.33. The molecule has 0 aliphatic carbocycles. The molecule has 0 unspecified atom stereocenters. The second-order valence-corrected chi connectivity index (χ2v) is 8.38. The number of hydrogen-bond acceptors (Lipinski definition) is 4. The highest BCUT2D eigenvalue weighted by Gasteiger charge is 2.29. The van der Waals surface area contributed by atoms with Gasteiger partial charge in [0, 0.05) is 51.4 Å².